The first-order valence-corrected chi connectivity index (χ1v) is 6.79. The number of methoxy groups -OCH3 is 1. The van der Waals surface area contributed by atoms with Crippen molar-refractivity contribution in [2.45, 2.75) is 69.4 Å². The van der Waals surface area contributed by atoms with E-state index in [4.69, 9.17) is 10.6 Å². The quantitative estimate of drug-likeness (QED) is 0.540. The Morgan fingerprint density at radius 1 is 1.31 bits per heavy atom. The molecule has 1 unspecified atom stereocenters. The second-order valence-electron chi connectivity index (χ2n) is 5.69. The van der Waals surface area contributed by atoms with Crippen molar-refractivity contribution in [2.75, 3.05) is 7.11 Å². The van der Waals surface area contributed by atoms with Crippen molar-refractivity contribution >= 4 is 0 Å². The Morgan fingerprint density at radius 3 is 2.44 bits per heavy atom. The second-order valence-corrected chi connectivity index (χ2v) is 5.69. The minimum atomic E-state index is 0.148. The van der Waals surface area contributed by atoms with Crippen molar-refractivity contribution < 1.29 is 4.74 Å². The highest BCUT2D eigenvalue weighted by Gasteiger charge is 2.39. The lowest BCUT2D eigenvalue weighted by Crippen LogP contribution is -2.48. The molecule has 2 aliphatic rings. The van der Waals surface area contributed by atoms with Gasteiger partial charge in [0, 0.05) is 13.2 Å². The van der Waals surface area contributed by atoms with Gasteiger partial charge in [0.25, 0.3) is 0 Å². The van der Waals surface area contributed by atoms with E-state index in [1.54, 1.807) is 0 Å². The van der Waals surface area contributed by atoms with E-state index in [-0.39, 0.29) is 5.60 Å². The number of hydrogen-bond donors (Lipinski definition) is 2. The van der Waals surface area contributed by atoms with Crippen LogP contribution in [-0.4, -0.2) is 18.8 Å². The fraction of sp³-hybridized carbons (Fsp3) is 1.00. The van der Waals surface area contributed by atoms with Crippen molar-refractivity contribution in [3.05, 3.63) is 0 Å². The molecule has 2 aliphatic carbocycles. The molecule has 2 fully saturated rings. The smallest absolute Gasteiger partial charge is 0.0694 e. The molecule has 1 atom stereocenters. The molecule has 3 N–H and O–H groups in total. The Labute approximate surface area is 99.1 Å². The first-order chi connectivity index (χ1) is 7.78. The van der Waals surface area contributed by atoms with Gasteiger partial charge in [0.15, 0.2) is 0 Å². The summed E-state index contributed by atoms with van der Waals surface area (Å²) >= 11 is 0. The summed E-state index contributed by atoms with van der Waals surface area (Å²) in [5.41, 5.74) is 3.16. The number of nitrogens with one attached hydrogen (secondary N) is 1. The van der Waals surface area contributed by atoms with Gasteiger partial charge in [-0.05, 0) is 38.0 Å². The van der Waals surface area contributed by atoms with Gasteiger partial charge in [0.1, 0.15) is 0 Å². The van der Waals surface area contributed by atoms with Crippen LogP contribution < -0.4 is 11.3 Å². The fourth-order valence-corrected chi connectivity index (χ4v) is 3.37. The van der Waals surface area contributed by atoms with Crippen molar-refractivity contribution in [3.63, 3.8) is 0 Å². The average molecular weight is 226 g/mol. The molecular weight excluding hydrogens is 200 g/mol. The van der Waals surface area contributed by atoms with E-state index in [1.165, 1.54) is 51.4 Å². The number of hydrogen-bond acceptors (Lipinski definition) is 3. The topological polar surface area (TPSA) is 47.3 Å². The monoisotopic (exact) mass is 226 g/mol. The Balaban J connectivity index is 1.79. The van der Waals surface area contributed by atoms with Gasteiger partial charge >= 0.3 is 0 Å². The van der Waals surface area contributed by atoms with Gasteiger partial charge in [0.05, 0.1) is 5.60 Å². The van der Waals surface area contributed by atoms with Crippen molar-refractivity contribution in [1.82, 2.24) is 5.43 Å². The maximum absolute atomic E-state index is 5.69. The van der Waals surface area contributed by atoms with Crippen LogP contribution in [0, 0.1) is 5.92 Å². The summed E-state index contributed by atoms with van der Waals surface area (Å²) in [5, 5.41) is 0. The Bertz CT molecular complexity index is 204. The van der Waals surface area contributed by atoms with Crippen LogP contribution >= 0.6 is 0 Å². The molecule has 16 heavy (non-hydrogen) atoms. The number of nitrogens with two attached hydrogens (primary N) is 1. The summed E-state index contributed by atoms with van der Waals surface area (Å²) in [7, 11) is 1.85. The van der Waals surface area contributed by atoms with Gasteiger partial charge < -0.3 is 4.74 Å². The van der Waals surface area contributed by atoms with E-state index in [1.807, 2.05) is 7.11 Å². The molecule has 2 rings (SSSR count). The van der Waals surface area contributed by atoms with Crippen LogP contribution in [0.1, 0.15) is 57.8 Å². The minimum Gasteiger partial charge on any atom is -0.378 e. The molecule has 0 saturated heterocycles. The van der Waals surface area contributed by atoms with Crippen molar-refractivity contribution in [3.8, 4) is 0 Å². The summed E-state index contributed by atoms with van der Waals surface area (Å²) in [6, 6.07) is 0.448. The molecule has 94 valence electrons. The van der Waals surface area contributed by atoms with E-state index in [0.717, 1.165) is 12.3 Å². The third kappa shape index (κ3) is 2.76. The summed E-state index contributed by atoms with van der Waals surface area (Å²) in [6.07, 6.45) is 11.7. The standard InChI is InChI=1S/C13H26N2O/c1-16-13(7-4-8-13)10-12(15-14)9-11-5-2-3-6-11/h11-12,15H,2-10,14H2,1H3. The maximum atomic E-state index is 5.69. The van der Waals surface area contributed by atoms with Crippen molar-refractivity contribution in [2.24, 2.45) is 11.8 Å². The Hall–Kier alpha value is -0.120. The molecule has 0 amide bonds. The van der Waals surface area contributed by atoms with Crippen LogP contribution in [0.5, 0.6) is 0 Å². The van der Waals surface area contributed by atoms with E-state index in [0.29, 0.717) is 6.04 Å². The van der Waals surface area contributed by atoms with Gasteiger partial charge in [-0.15, -0.1) is 0 Å². The second kappa shape index (κ2) is 5.48. The van der Waals surface area contributed by atoms with Crippen LogP contribution in [0.25, 0.3) is 0 Å². The predicted molar refractivity (Wildman–Crippen MR) is 65.9 cm³/mol. The van der Waals surface area contributed by atoms with Gasteiger partial charge in [-0.3, -0.25) is 11.3 Å². The van der Waals surface area contributed by atoms with Crippen LogP contribution in [0.15, 0.2) is 0 Å². The highest BCUT2D eigenvalue weighted by atomic mass is 16.5. The SMILES string of the molecule is COC1(CC(CC2CCCC2)NN)CCC1. The normalized spacial score (nSPS) is 26.6. The molecule has 2 saturated carbocycles. The number of rotatable bonds is 6. The Kier molecular flexibility index (Phi) is 4.22. The molecule has 0 radical (unpaired) electrons. The van der Waals surface area contributed by atoms with Gasteiger partial charge in [-0.25, -0.2) is 0 Å². The highest BCUT2D eigenvalue weighted by Crippen LogP contribution is 2.40. The zero-order valence-corrected chi connectivity index (χ0v) is 10.5. The summed E-state index contributed by atoms with van der Waals surface area (Å²) in [6.45, 7) is 0. The largest absolute Gasteiger partial charge is 0.378 e. The molecule has 0 aliphatic heterocycles. The first kappa shape index (κ1) is 12.3. The zero-order valence-electron chi connectivity index (χ0n) is 10.5. The molecular formula is C13H26N2O. The summed E-state index contributed by atoms with van der Waals surface area (Å²) in [5.74, 6) is 6.58. The van der Waals surface area contributed by atoms with Crippen LogP contribution in [0.4, 0.5) is 0 Å². The molecule has 0 spiro atoms. The van der Waals surface area contributed by atoms with E-state index < -0.39 is 0 Å². The third-order valence-corrected chi connectivity index (χ3v) is 4.64. The molecule has 3 nitrogen and oxygen atoms in total. The van der Waals surface area contributed by atoms with Gasteiger partial charge in [-0.2, -0.15) is 0 Å². The zero-order chi connectivity index (χ0) is 11.4. The average Bonchev–Trinajstić information content (AvgIpc) is 2.74. The summed E-state index contributed by atoms with van der Waals surface area (Å²) in [4.78, 5) is 0. The van der Waals surface area contributed by atoms with E-state index >= 15 is 0 Å². The van der Waals surface area contributed by atoms with E-state index in [2.05, 4.69) is 5.43 Å². The van der Waals surface area contributed by atoms with Crippen LogP contribution in [0.3, 0.4) is 0 Å². The molecule has 0 aromatic rings. The van der Waals surface area contributed by atoms with Crippen LogP contribution in [0.2, 0.25) is 0 Å². The lowest BCUT2D eigenvalue weighted by molar-refractivity contribution is -0.0846. The Morgan fingerprint density at radius 2 is 2.00 bits per heavy atom. The number of hydrazine groups is 1. The molecule has 3 heteroatoms. The van der Waals surface area contributed by atoms with Gasteiger partial charge in [-0.1, -0.05) is 25.7 Å². The molecule has 0 aromatic carbocycles. The molecule has 0 heterocycles. The first-order valence-electron chi connectivity index (χ1n) is 6.79. The van der Waals surface area contributed by atoms with Crippen LogP contribution in [-0.2, 0) is 4.74 Å². The predicted octanol–water partition coefficient (Wildman–Crippen LogP) is 2.36. The van der Waals surface area contributed by atoms with Crippen molar-refractivity contribution in [1.29, 1.82) is 0 Å². The number of ether oxygens (including phenoxy) is 1. The minimum absolute atomic E-state index is 0.148. The van der Waals surface area contributed by atoms with Gasteiger partial charge in [0.2, 0.25) is 0 Å². The lowest BCUT2D eigenvalue weighted by Gasteiger charge is -2.43. The molecule has 0 aromatic heterocycles. The lowest BCUT2D eigenvalue weighted by atomic mass is 9.74. The maximum Gasteiger partial charge on any atom is 0.0694 e. The van der Waals surface area contributed by atoms with E-state index in [9.17, 15) is 0 Å². The fourth-order valence-electron chi connectivity index (χ4n) is 3.37. The highest BCUT2D eigenvalue weighted by molar-refractivity contribution is 4.93. The molecule has 0 bridgehead atoms. The summed E-state index contributed by atoms with van der Waals surface area (Å²) < 4.78 is 5.68. The third-order valence-electron chi connectivity index (χ3n) is 4.64.